The summed E-state index contributed by atoms with van der Waals surface area (Å²) in [7, 11) is 0. The number of H-pyrrole nitrogens is 1. The number of rotatable bonds is 5. The number of aromatic nitrogens is 2. The monoisotopic (exact) mass is 395 g/mol. The van der Waals surface area contributed by atoms with Gasteiger partial charge in [-0.3, -0.25) is 19.7 Å². The molecule has 1 aliphatic rings. The van der Waals surface area contributed by atoms with Crippen LogP contribution in [0.3, 0.4) is 0 Å². The van der Waals surface area contributed by atoms with Gasteiger partial charge in [0, 0.05) is 18.7 Å². The van der Waals surface area contributed by atoms with Gasteiger partial charge >= 0.3 is 0 Å². The van der Waals surface area contributed by atoms with Gasteiger partial charge in [-0.05, 0) is 36.4 Å². The third kappa shape index (κ3) is 4.08. The van der Waals surface area contributed by atoms with Crippen LogP contribution in [0.5, 0.6) is 0 Å². The number of nitrogens with one attached hydrogen (secondary N) is 3. The molecule has 2 aromatic carbocycles. The van der Waals surface area contributed by atoms with Crippen LogP contribution in [0.4, 0.5) is 16.0 Å². The van der Waals surface area contributed by atoms with Crippen LogP contribution < -0.4 is 15.5 Å². The smallest absolute Gasteiger partial charge is 0.246 e. The molecular weight excluding hydrogens is 377 g/mol. The van der Waals surface area contributed by atoms with Gasteiger partial charge < -0.3 is 15.2 Å². The van der Waals surface area contributed by atoms with E-state index < -0.39 is 17.6 Å². The number of fused-ring (bicyclic) bond motifs is 1. The van der Waals surface area contributed by atoms with Gasteiger partial charge in [0.1, 0.15) is 5.82 Å². The number of carbonyl (C=O) groups is 3. The van der Waals surface area contributed by atoms with Crippen molar-refractivity contribution in [3.8, 4) is 0 Å². The summed E-state index contributed by atoms with van der Waals surface area (Å²) in [6, 6.07) is 12.9. The molecule has 0 radical (unpaired) electrons. The van der Waals surface area contributed by atoms with Crippen molar-refractivity contribution in [1.29, 1.82) is 0 Å². The van der Waals surface area contributed by atoms with E-state index in [1.165, 1.54) is 29.2 Å². The van der Waals surface area contributed by atoms with Crippen LogP contribution in [0.15, 0.2) is 48.5 Å². The van der Waals surface area contributed by atoms with Crippen LogP contribution >= 0.6 is 0 Å². The normalized spacial score (nSPS) is 16.2. The van der Waals surface area contributed by atoms with E-state index in [-0.39, 0.29) is 31.3 Å². The molecule has 0 bridgehead atoms. The predicted octanol–water partition coefficient (Wildman–Crippen LogP) is 1.81. The SMILES string of the molecule is O=C(CNC(=O)[C@@H]1CC(=O)N(c2ccc(F)cc2)C1)Nc1nc2ccccc2[nH]1. The standard InChI is InChI=1S/C20H18FN5O3/c21-13-5-7-14(8-6-13)26-11-12(9-18(26)28)19(29)22-10-17(27)25-20-23-15-3-1-2-4-16(15)24-20/h1-8,12H,9-11H2,(H,22,29)(H2,23,24,25,27)/t12-/m1/s1. The van der Waals surface area contributed by atoms with Crippen LogP contribution in [-0.2, 0) is 14.4 Å². The maximum absolute atomic E-state index is 13.1. The second-order valence-electron chi connectivity index (χ2n) is 6.75. The molecule has 2 heterocycles. The maximum atomic E-state index is 13.1. The van der Waals surface area contributed by atoms with Crippen molar-refractivity contribution in [3.05, 3.63) is 54.3 Å². The highest BCUT2D eigenvalue weighted by Crippen LogP contribution is 2.25. The molecule has 3 amide bonds. The van der Waals surface area contributed by atoms with Gasteiger partial charge in [-0.1, -0.05) is 12.1 Å². The van der Waals surface area contributed by atoms with Crippen molar-refractivity contribution < 1.29 is 18.8 Å². The summed E-state index contributed by atoms with van der Waals surface area (Å²) in [5.41, 5.74) is 2.05. The van der Waals surface area contributed by atoms with Gasteiger partial charge in [-0.2, -0.15) is 0 Å². The molecule has 148 valence electrons. The Labute approximate surface area is 165 Å². The largest absolute Gasteiger partial charge is 0.347 e. The Balaban J connectivity index is 1.30. The Kier molecular flexibility index (Phi) is 4.94. The van der Waals surface area contributed by atoms with Crippen molar-refractivity contribution in [3.63, 3.8) is 0 Å². The van der Waals surface area contributed by atoms with E-state index in [2.05, 4.69) is 20.6 Å². The first-order chi connectivity index (χ1) is 14.0. The number of anilines is 2. The number of para-hydroxylation sites is 2. The predicted molar refractivity (Wildman–Crippen MR) is 105 cm³/mol. The van der Waals surface area contributed by atoms with Crippen molar-refractivity contribution >= 4 is 40.4 Å². The fourth-order valence-electron chi connectivity index (χ4n) is 3.25. The molecule has 1 aliphatic heterocycles. The zero-order chi connectivity index (χ0) is 20.4. The number of hydrogen-bond acceptors (Lipinski definition) is 4. The topological polar surface area (TPSA) is 107 Å². The lowest BCUT2D eigenvalue weighted by Crippen LogP contribution is -2.38. The Bertz CT molecular complexity index is 1050. The first-order valence-electron chi connectivity index (χ1n) is 9.08. The number of carbonyl (C=O) groups excluding carboxylic acids is 3. The van der Waals surface area contributed by atoms with Gasteiger partial charge in [-0.25, -0.2) is 9.37 Å². The van der Waals surface area contributed by atoms with E-state index in [1.807, 2.05) is 24.3 Å². The Morgan fingerprint density at radius 1 is 1.17 bits per heavy atom. The molecular formula is C20H18FN5O3. The van der Waals surface area contributed by atoms with Crippen LogP contribution in [-0.4, -0.2) is 40.8 Å². The quantitative estimate of drug-likeness (QED) is 0.612. The third-order valence-corrected chi connectivity index (χ3v) is 4.70. The number of imidazole rings is 1. The minimum Gasteiger partial charge on any atom is -0.347 e. The number of nitrogens with zero attached hydrogens (tertiary/aromatic N) is 2. The molecule has 0 saturated carbocycles. The minimum absolute atomic E-state index is 0.0361. The Morgan fingerprint density at radius 2 is 1.93 bits per heavy atom. The zero-order valence-electron chi connectivity index (χ0n) is 15.3. The average molecular weight is 395 g/mol. The molecule has 4 rings (SSSR count). The zero-order valence-corrected chi connectivity index (χ0v) is 15.3. The molecule has 3 aromatic rings. The lowest BCUT2D eigenvalue weighted by molar-refractivity contribution is -0.127. The first kappa shape index (κ1) is 18.6. The van der Waals surface area contributed by atoms with Crippen LogP contribution in [0.1, 0.15) is 6.42 Å². The molecule has 1 fully saturated rings. The van der Waals surface area contributed by atoms with E-state index in [0.717, 1.165) is 11.0 Å². The molecule has 1 atom stereocenters. The highest BCUT2D eigenvalue weighted by molar-refractivity contribution is 6.01. The fourth-order valence-corrected chi connectivity index (χ4v) is 3.25. The molecule has 3 N–H and O–H groups in total. The molecule has 1 aromatic heterocycles. The van der Waals surface area contributed by atoms with Crippen LogP contribution in [0.2, 0.25) is 0 Å². The molecule has 9 heteroatoms. The summed E-state index contributed by atoms with van der Waals surface area (Å²) in [4.78, 5) is 45.3. The summed E-state index contributed by atoms with van der Waals surface area (Å²) in [6.07, 6.45) is 0.0361. The first-order valence-corrected chi connectivity index (χ1v) is 9.08. The second kappa shape index (κ2) is 7.70. The number of benzene rings is 2. The third-order valence-electron chi connectivity index (χ3n) is 4.70. The minimum atomic E-state index is -0.577. The van der Waals surface area contributed by atoms with Gasteiger partial charge in [-0.15, -0.1) is 0 Å². The summed E-state index contributed by atoms with van der Waals surface area (Å²) < 4.78 is 13.1. The van der Waals surface area contributed by atoms with Crippen molar-refractivity contribution in [2.75, 3.05) is 23.3 Å². The van der Waals surface area contributed by atoms with Gasteiger partial charge in [0.15, 0.2) is 0 Å². The molecule has 0 aliphatic carbocycles. The van der Waals surface area contributed by atoms with Gasteiger partial charge in [0.25, 0.3) is 0 Å². The van der Waals surface area contributed by atoms with E-state index in [4.69, 9.17) is 0 Å². The molecule has 0 spiro atoms. The van der Waals surface area contributed by atoms with E-state index >= 15 is 0 Å². The number of aromatic amines is 1. The van der Waals surface area contributed by atoms with Gasteiger partial charge in [0.2, 0.25) is 23.7 Å². The maximum Gasteiger partial charge on any atom is 0.246 e. The Morgan fingerprint density at radius 3 is 2.69 bits per heavy atom. The summed E-state index contributed by atoms with van der Waals surface area (Å²) in [5, 5.41) is 5.14. The van der Waals surface area contributed by atoms with Crippen LogP contribution in [0, 0.1) is 11.7 Å². The molecule has 1 saturated heterocycles. The highest BCUT2D eigenvalue weighted by Gasteiger charge is 2.35. The fraction of sp³-hybridized carbons (Fsp3) is 0.200. The lowest BCUT2D eigenvalue weighted by Gasteiger charge is -2.16. The van der Waals surface area contributed by atoms with Crippen molar-refractivity contribution in [2.24, 2.45) is 5.92 Å². The summed E-state index contributed by atoms with van der Waals surface area (Å²) >= 11 is 0. The van der Waals surface area contributed by atoms with Crippen molar-refractivity contribution in [2.45, 2.75) is 6.42 Å². The molecule has 0 unspecified atom stereocenters. The van der Waals surface area contributed by atoms with E-state index in [1.54, 1.807) is 0 Å². The van der Waals surface area contributed by atoms with Crippen LogP contribution in [0.25, 0.3) is 11.0 Å². The number of halogens is 1. The Hall–Kier alpha value is -3.75. The average Bonchev–Trinajstić information content (AvgIpc) is 3.29. The second-order valence-corrected chi connectivity index (χ2v) is 6.75. The summed E-state index contributed by atoms with van der Waals surface area (Å²) in [6.45, 7) is -0.0569. The van der Waals surface area contributed by atoms with Crippen molar-refractivity contribution in [1.82, 2.24) is 15.3 Å². The summed E-state index contributed by atoms with van der Waals surface area (Å²) in [5.74, 6) is -1.72. The number of hydrogen-bond donors (Lipinski definition) is 3. The van der Waals surface area contributed by atoms with E-state index in [0.29, 0.717) is 11.6 Å². The molecule has 29 heavy (non-hydrogen) atoms. The molecule has 8 nitrogen and oxygen atoms in total. The lowest BCUT2D eigenvalue weighted by atomic mass is 10.1. The van der Waals surface area contributed by atoms with Gasteiger partial charge in [0.05, 0.1) is 23.5 Å². The van der Waals surface area contributed by atoms with E-state index in [9.17, 15) is 18.8 Å². The number of amides is 3. The highest BCUT2D eigenvalue weighted by atomic mass is 19.1.